The first-order valence-corrected chi connectivity index (χ1v) is 11.3. The Kier molecular flexibility index (Phi) is 4.85. The minimum atomic E-state index is -0.0518. The molecule has 162 valence electrons. The summed E-state index contributed by atoms with van der Waals surface area (Å²) in [5.41, 5.74) is 6.35. The number of fused-ring (bicyclic) bond motifs is 3. The van der Waals surface area contributed by atoms with E-state index in [0.717, 1.165) is 72.3 Å². The molecule has 0 radical (unpaired) electrons. The van der Waals surface area contributed by atoms with Crippen molar-refractivity contribution in [1.29, 1.82) is 0 Å². The maximum atomic E-state index is 13.9. The molecule has 2 aromatic heterocycles. The van der Waals surface area contributed by atoms with Crippen LogP contribution in [-0.4, -0.2) is 50.1 Å². The molecule has 4 heterocycles. The zero-order chi connectivity index (χ0) is 21.8. The highest BCUT2D eigenvalue weighted by atomic mass is 16.2. The predicted molar refractivity (Wildman–Crippen MR) is 122 cm³/mol. The quantitative estimate of drug-likeness (QED) is 0.637. The van der Waals surface area contributed by atoms with Crippen LogP contribution in [0, 0.1) is 0 Å². The molecule has 0 atom stereocenters. The monoisotopic (exact) mass is 417 g/mol. The summed E-state index contributed by atoms with van der Waals surface area (Å²) in [7, 11) is 0. The Morgan fingerprint density at radius 1 is 1.10 bits per heavy atom. The third kappa shape index (κ3) is 3.43. The molecule has 0 aliphatic carbocycles. The zero-order valence-corrected chi connectivity index (χ0v) is 19.0. The number of benzene rings is 1. The SMILES string of the molecule is CCN1CCc2nc3ccccc3c(C(=O)N3CCc4c(cnn4C(C)(C)C)C3)c2C1. The summed E-state index contributed by atoms with van der Waals surface area (Å²) >= 11 is 0. The molecule has 2 aliphatic rings. The second-order valence-corrected chi connectivity index (χ2v) is 9.72. The summed E-state index contributed by atoms with van der Waals surface area (Å²) < 4.78 is 2.12. The van der Waals surface area contributed by atoms with Gasteiger partial charge in [-0.15, -0.1) is 0 Å². The van der Waals surface area contributed by atoms with Crippen LogP contribution in [0.3, 0.4) is 0 Å². The van der Waals surface area contributed by atoms with E-state index in [2.05, 4.69) is 42.4 Å². The third-order valence-electron chi connectivity index (χ3n) is 6.64. The summed E-state index contributed by atoms with van der Waals surface area (Å²) in [6.07, 6.45) is 3.68. The molecule has 2 aliphatic heterocycles. The number of aromatic nitrogens is 3. The van der Waals surface area contributed by atoms with Crippen molar-refractivity contribution in [2.45, 2.75) is 59.2 Å². The predicted octanol–water partition coefficient (Wildman–Crippen LogP) is 3.76. The first-order valence-electron chi connectivity index (χ1n) is 11.3. The van der Waals surface area contributed by atoms with E-state index in [1.165, 1.54) is 5.69 Å². The fraction of sp³-hybridized carbons (Fsp3) is 0.480. The van der Waals surface area contributed by atoms with Crippen LogP contribution in [-0.2, 0) is 31.5 Å². The van der Waals surface area contributed by atoms with Crippen molar-refractivity contribution in [2.75, 3.05) is 19.6 Å². The number of likely N-dealkylation sites (N-methyl/N-ethyl adjacent to an activating group) is 1. The summed E-state index contributed by atoms with van der Waals surface area (Å²) in [5, 5.41) is 5.61. The smallest absolute Gasteiger partial charge is 0.255 e. The lowest BCUT2D eigenvalue weighted by Gasteiger charge is -2.33. The Morgan fingerprint density at radius 2 is 1.90 bits per heavy atom. The molecule has 0 saturated heterocycles. The maximum absolute atomic E-state index is 13.9. The van der Waals surface area contributed by atoms with Crippen molar-refractivity contribution in [3.05, 3.63) is 58.5 Å². The molecule has 0 spiro atoms. The lowest BCUT2D eigenvalue weighted by atomic mass is 9.94. The fourth-order valence-corrected chi connectivity index (χ4v) is 5.00. The van der Waals surface area contributed by atoms with Crippen LogP contribution in [0.1, 0.15) is 60.6 Å². The third-order valence-corrected chi connectivity index (χ3v) is 6.64. The largest absolute Gasteiger partial charge is 0.334 e. The van der Waals surface area contributed by atoms with Gasteiger partial charge in [-0.3, -0.25) is 19.4 Å². The number of para-hydroxylation sites is 1. The van der Waals surface area contributed by atoms with E-state index in [4.69, 9.17) is 4.98 Å². The molecular formula is C25H31N5O. The van der Waals surface area contributed by atoms with Gasteiger partial charge in [0, 0.05) is 66.9 Å². The van der Waals surface area contributed by atoms with E-state index in [1.807, 2.05) is 35.4 Å². The Balaban J connectivity index is 1.55. The van der Waals surface area contributed by atoms with Crippen LogP contribution in [0.4, 0.5) is 0 Å². The number of pyridine rings is 1. The van der Waals surface area contributed by atoms with E-state index in [-0.39, 0.29) is 11.4 Å². The average Bonchev–Trinajstić information content (AvgIpc) is 3.20. The van der Waals surface area contributed by atoms with Crippen molar-refractivity contribution in [3.63, 3.8) is 0 Å². The number of carbonyl (C=O) groups is 1. The minimum absolute atomic E-state index is 0.0518. The van der Waals surface area contributed by atoms with Gasteiger partial charge in [-0.05, 0) is 33.4 Å². The van der Waals surface area contributed by atoms with E-state index < -0.39 is 0 Å². The second-order valence-electron chi connectivity index (χ2n) is 9.72. The van der Waals surface area contributed by atoms with Crippen molar-refractivity contribution < 1.29 is 4.79 Å². The highest BCUT2D eigenvalue weighted by molar-refractivity contribution is 6.07. The molecule has 5 rings (SSSR count). The van der Waals surface area contributed by atoms with Crippen LogP contribution >= 0.6 is 0 Å². The molecule has 0 bridgehead atoms. The van der Waals surface area contributed by atoms with E-state index >= 15 is 0 Å². The van der Waals surface area contributed by atoms with Gasteiger partial charge in [-0.25, -0.2) is 0 Å². The minimum Gasteiger partial charge on any atom is -0.334 e. The van der Waals surface area contributed by atoms with Crippen LogP contribution in [0.2, 0.25) is 0 Å². The molecule has 6 nitrogen and oxygen atoms in total. The van der Waals surface area contributed by atoms with Gasteiger partial charge < -0.3 is 4.90 Å². The molecule has 1 aromatic carbocycles. The molecule has 0 saturated carbocycles. The van der Waals surface area contributed by atoms with Crippen LogP contribution < -0.4 is 0 Å². The highest BCUT2D eigenvalue weighted by Gasteiger charge is 2.31. The number of hydrogen-bond donors (Lipinski definition) is 0. The van der Waals surface area contributed by atoms with Gasteiger partial charge >= 0.3 is 0 Å². The number of nitrogens with zero attached hydrogens (tertiary/aromatic N) is 5. The second kappa shape index (κ2) is 7.45. The summed E-state index contributed by atoms with van der Waals surface area (Å²) in [5.74, 6) is 0.127. The van der Waals surface area contributed by atoms with Gasteiger partial charge in [0.25, 0.3) is 5.91 Å². The Hall–Kier alpha value is -2.73. The number of carbonyl (C=O) groups excluding carboxylic acids is 1. The molecule has 3 aromatic rings. The number of amides is 1. The van der Waals surface area contributed by atoms with Gasteiger partial charge in [-0.2, -0.15) is 5.10 Å². The maximum Gasteiger partial charge on any atom is 0.255 e. The first-order chi connectivity index (χ1) is 14.9. The lowest BCUT2D eigenvalue weighted by Crippen LogP contribution is -2.39. The van der Waals surface area contributed by atoms with Crippen molar-refractivity contribution in [1.82, 2.24) is 24.6 Å². The van der Waals surface area contributed by atoms with Crippen molar-refractivity contribution in [2.24, 2.45) is 0 Å². The van der Waals surface area contributed by atoms with Gasteiger partial charge in [0.05, 0.1) is 22.8 Å². The first kappa shape index (κ1) is 20.2. The molecule has 31 heavy (non-hydrogen) atoms. The molecule has 1 amide bonds. The Bertz CT molecular complexity index is 1160. The standard InChI is InChI=1S/C25H31N5O/c1-5-28-12-10-21-19(16-28)23(18-8-6-7-9-20(18)27-21)24(31)29-13-11-22-17(15-29)14-26-30(22)25(2,3)4/h6-9,14H,5,10-13,15-16H2,1-4H3. The van der Waals surface area contributed by atoms with Crippen LogP contribution in [0.15, 0.2) is 30.5 Å². The fourth-order valence-electron chi connectivity index (χ4n) is 5.00. The molecular weight excluding hydrogens is 386 g/mol. The van der Waals surface area contributed by atoms with Gasteiger partial charge in [0.15, 0.2) is 0 Å². The van der Waals surface area contributed by atoms with Crippen LogP contribution in [0.5, 0.6) is 0 Å². The topological polar surface area (TPSA) is 54.3 Å². The number of hydrogen-bond acceptors (Lipinski definition) is 4. The van der Waals surface area contributed by atoms with Crippen molar-refractivity contribution >= 4 is 16.8 Å². The molecule has 0 fully saturated rings. The van der Waals surface area contributed by atoms with E-state index in [0.29, 0.717) is 6.54 Å². The zero-order valence-electron chi connectivity index (χ0n) is 19.0. The van der Waals surface area contributed by atoms with Gasteiger partial charge in [-0.1, -0.05) is 25.1 Å². The molecule has 6 heteroatoms. The summed E-state index contributed by atoms with van der Waals surface area (Å²) in [6, 6.07) is 8.09. The van der Waals surface area contributed by atoms with Gasteiger partial charge in [0.1, 0.15) is 0 Å². The normalized spacial score (nSPS) is 17.0. The number of rotatable bonds is 2. The average molecular weight is 418 g/mol. The van der Waals surface area contributed by atoms with E-state index in [9.17, 15) is 4.79 Å². The van der Waals surface area contributed by atoms with Crippen LogP contribution in [0.25, 0.3) is 10.9 Å². The highest BCUT2D eigenvalue weighted by Crippen LogP contribution is 2.31. The van der Waals surface area contributed by atoms with E-state index in [1.54, 1.807) is 0 Å². The Labute approximate surface area is 183 Å². The summed E-state index contributed by atoms with van der Waals surface area (Å²) in [6.45, 7) is 12.8. The Morgan fingerprint density at radius 3 is 2.68 bits per heavy atom. The van der Waals surface area contributed by atoms with Gasteiger partial charge in [0.2, 0.25) is 0 Å². The summed E-state index contributed by atoms with van der Waals surface area (Å²) in [4.78, 5) is 23.3. The van der Waals surface area contributed by atoms with Crippen molar-refractivity contribution in [3.8, 4) is 0 Å². The molecule has 0 unspecified atom stereocenters. The lowest BCUT2D eigenvalue weighted by molar-refractivity contribution is 0.0731. The molecule has 0 N–H and O–H groups in total.